The zero-order valence-corrected chi connectivity index (χ0v) is 5.92. The van der Waals surface area contributed by atoms with Gasteiger partial charge < -0.3 is 0 Å². The van der Waals surface area contributed by atoms with Gasteiger partial charge in [0, 0.05) is 12.8 Å². The Morgan fingerprint density at radius 1 is 1.60 bits per heavy atom. The van der Waals surface area contributed by atoms with E-state index in [0.717, 1.165) is 0 Å². The zero-order valence-electron chi connectivity index (χ0n) is 5.92. The lowest BCUT2D eigenvalue weighted by molar-refractivity contribution is 0.0188. The molecule has 0 aliphatic heterocycles. The second-order valence-corrected chi connectivity index (χ2v) is 2.55. The van der Waals surface area contributed by atoms with Gasteiger partial charge in [0.2, 0.25) is 0 Å². The first-order valence-corrected chi connectivity index (χ1v) is 3.42. The molecule has 0 aromatic heterocycles. The summed E-state index contributed by atoms with van der Waals surface area (Å²) in [6.45, 7) is 3.54. The van der Waals surface area contributed by atoms with Crippen molar-refractivity contribution in [3.05, 3.63) is 37.0 Å². The molecule has 1 aliphatic rings. The molecule has 1 rings (SSSR count). The highest BCUT2D eigenvalue weighted by Crippen LogP contribution is 2.22. The third-order valence-electron chi connectivity index (χ3n) is 1.60. The second kappa shape index (κ2) is 2.84. The van der Waals surface area contributed by atoms with Crippen LogP contribution in [0.5, 0.6) is 0 Å². The van der Waals surface area contributed by atoms with Gasteiger partial charge in [0.25, 0.3) is 0 Å². The summed E-state index contributed by atoms with van der Waals surface area (Å²) in [6, 6.07) is 0. The van der Waals surface area contributed by atoms with Crippen LogP contribution in [-0.2, 0) is 5.11 Å². The molecule has 1 radical (unpaired) electrons. The first kappa shape index (κ1) is 7.29. The maximum Gasteiger partial charge on any atom is 0.129 e. The third kappa shape index (κ3) is 1.58. The van der Waals surface area contributed by atoms with E-state index in [-0.39, 0.29) is 0 Å². The van der Waals surface area contributed by atoms with Gasteiger partial charge in [-0.25, -0.2) is 5.11 Å². The molecule has 0 bridgehead atoms. The van der Waals surface area contributed by atoms with Gasteiger partial charge in [-0.15, -0.1) is 6.58 Å². The Hall–Kier alpha value is -0.820. The average Bonchev–Trinajstić information content (AvgIpc) is 1.89. The van der Waals surface area contributed by atoms with Gasteiger partial charge in [-0.3, -0.25) is 0 Å². The Morgan fingerprint density at radius 3 is 2.90 bits per heavy atom. The summed E-state index contributed by atoms with van der Waals surface area (Å²) in [5, 5.41) is 11.5. The van der Waals surface area contributed by atoms with Crippen LogP contribution in [0.1, 0.15) is 12.8 Å². The molecule has 1 heteroatoms. The van der Waals surface area contributed by atoms with Gasteiger partial charge >= 0.3 is 0 Å². The topological polar surface area (TPSA) is 19.9 Å². The van der Waals surface area contributed by atoms with Gasteiger partial charge in [0.05, 0.1) is 0 Å². The van der Waals surface area contributed by atoms with Crippen LogP contribution in [0, 0.1) is 0 Å². The number of hydrogen-bond acceptors (Lipinski definition) is 0. The summed E-state index contributed by atoms with van der Waals surface area (Å²) in [5.41, 5.74) is -0.906. The standard InChI is InChI=1S/C9H11O/c1-2-6-9(10)7-4-3-5-8-9/h2-5,7H,1,6,8H2. The van der Waals surface area contributed by atoms with E-state index in [1.165, 1.54) is 0 Å². The van der Waals surface area contributed by atoms with Crippen molar-refractivity contribution in [1.82, 2.24) is 0 Å². The van der Waals surface area contributed by atoms with Crippen LogP contribution in [0.25, 0.3) is 0 Å². The van der Waals surface area contributed by atoms with Crippen molar-refractivity contribution >= 4 is 0 Å². The van der Waals surface area contributed by atoms with Crippen LogP contribution in [-0.4, -0.2) is 5.60 Å². The van der Waals surface area contributed by atoms with Crippen molar-refractivity contribution in [3.63, 3.8) is 0 Å². The predicted molar refractivity (Wildman–Crippen MR) is 41.1 cm³/mol. The van der Waals surface area contributed by atoms with Crippen LogP contribution in [0.4, 0.5) is 0 Å². The summed E-state index contributed by atoms with van der Waals surface area (Å²) >= 11 is 0. The minimum absolute atomic E-state index is 0.522. The molecule has 0 aromatic rings. The van der Waals surface area contributed by atoms with E-state index in [2.05, 4.69) is 6.58 Å². The van der Waals surface area contributed by atoms with E-state index in [1.54, 1.807) is 18.2 Å². The minimum atomic E-state index is -0.906. The molecule has 1 nitrogen and oxygen atoms in total. The normalized spacial score (nSPS) is 30.5. The molecule has 0 amide bonds. The van der Waals surface area contributed by atoms with Crippen LogP contribution < -0.4 is 0 Å². The smallest absolute Gasteiger partial charge is 0.129 e. The first-order chi connectivity index (χ1) is 4.77. The monoisotopic (exact) mass is 135 g/mol. The van der Waals surface area contributed by atoms with Gasteiger partial charge in [0.1, 0.15) is 5.60 Å². The Kier molecular flexibility index (Phi) is 2.07. The molecule has 1 aliphatic carbocycles. The molecule has 0 saturated carbocycles. The Bertz CT molecular complexity index is 175. The highest BCUT2D eigenvalue weighted by atomic mass is 16.3. The molecule has 0 aromatic carbocycles. The summed E-state index contributed by atoms with van der Waals surface area (Å²) in [4.78, 5) is 0. The molecular weight excluding hydrogens is 124 g/mol. The van der Waals surface area contributed by atoms with Crippen molar-refractivity contribution in [2.45, 2.75) is 18.4 Å². The summed E-state index contributed by atoms with van der Waals surface area (Å²) in [6.07, 6.45) is 10.1. The van der Waals surface area contributed by atoms with Gasteiger partial charge in [-0.1, -0.05) is 24.3 Å². The maximum atomic E-state index is 11.5. The summed E-state index contributed by atoms with van der Waals surface area (Å²) in [7, 11) is 0. The van der Waals surface area contributed by atoms with Gasteiger partial charge in [-0.2, -0.15) is 0 Å². The minimum Gasteiger partial charge on any atom is -0.224 e. The van der Waals surface area contributed by atoms with Crippen molar-refractivity contribution in [3.8, 4) is 0 Å². The molecule has 0 spiro atoms. The van der Waals surface area contributed by atoms with Crippen molar-refractivity contribution in [1.29, 1.82) is 0 Å². The fraction of sp³-hybridized carbons (Fsp3) is 0.333. The largest absolute Gasteiger partial charge is 0.224 e. The molecule has 1 atom stereocenters. The van der Waals surface area contributed by atoms with Crippen LogP contribution >= 0.6 is 0 Å². The number of allylic oxidation sites excluding steroid dienone is 2. The van der Waals surface area contributed by atoms with E-state index in [1.807, 2.05) is 12.2 Å². The lowest BCUT2D eigenvalue weighted by atomic mass is 9.92. The van der Waals surface area contributed by atoms with Crippen molar-refractivity contribution in [2.24, 2.45) is 0 Å². The van der Waals surface area contributed by atoms with Crippen molar-refractivity contribution < 1.29 is 5.11 Å². The predicted octanol–water partition coefficient (Wildman–Crippen LogP) is 2.25. The van der Waals surface area contributed by atoms with Crippen LogP contribution in [0.2, 0.25) is 0 Å². The lowest BCUT2D eigenvalue weighted by Crippen LogP contribution is -2.23. The molecule has 0 heterocycles. The Morgan fingerprint density at radius 2 is 2.40 bits per heavy atom. The van der Waals surface area contributed by atoms with Gasteiger partial charge in [-0.05, 0) is 6.08 Å². The van der Waals surface area contributed by atoms with E-state index in [4.69, 9.17) is 0 Å². The molecule has 0 fully saturated rings. The molecule has 1 unspecified atom stereocenters. The fourth-order valence-electron chi connectivity index (χ4n) is 1.04. The molecule has 0 N–H and O–H groups in total. The second-order valence-electron chi connectivity index (χ2n) is 2.55. The lowest BCUT2D eigenvalue weighted by Gasteiger charge is -2.19. The SMILES string of the molecule is C=CCC1([O])C=CC=CC1. The highest BCUT2D eigenvalue weighted by Gasteiger charge is 2.23. The van der Waals surface area contributed by atoms with E-state index in [0.29, 0.717) is 12.8 Å². The van der Waals surface area contributed by atoms with E-state index in [9.17, 15) is 5.11 Å². The number of rotatable bonds is 2. The van der Waals surface area contributed by atoms with E-state index >= 15 is 0 Å². The maximum absolute atomic E-state index is 11.5. The fourth-order valence-corrected chi connectivity index (χ4v) is 1.04. The molecule has 10 heavy (non-hydrogen) atoms. The zero-order chi connectivity index (χ0) is 7.45. The summed E-state index contributed by atoms with van der Waals surface area (Å²) < 4.78 is 0. The Balaban J connectivity index is 2.60. The Labute approximate surface area is 61.4 Å². The number of hydrogen-bond donors (Lipinski definition) is 0. The van der Waals surface area contributed by atoms with Gasteiger partial charge in [0.15, 0.2) is 0 Å². The van der Waals surface area contributed by atoms with Crippen LogP contribution in [0.15, 0.2) is 37.0 Å². The molecule has 53 valence electrons. The third-order valence-corrected chi connectivity index (χ3v) is 1.60. The molecule has 0 saturated heterocycles. The summed E-state index contributed by atoms with van der Waals surface area (Å²) in [5.74, 6) is 0. The highest BCUT2D eigenvalue weighted by molar-refractivity contribution is 5.18. The quantitative estimate of drug-likeness (QED) is 0.517. The van der Waals surface area contributed by atoms with E-state index < -0.39 is 5.60 Å². The van der Waals surface area contributed by atoms with Crippen LogP contribution in [0.3, 0.4) is 0 Å². The van der Waals surface area contributed by atoms with Crippen molar-refractivity contribution in [2.75, 3.05) is 0 Å². The molecular formula is C9H11O. The average molecular weight is 135 g/mol. The first-order valence-electron chi connectivity index (χ1n) is 3.42.